The number of aryl methyl sites for hydroxylation is 1. The Bertz CT molecular complexity index is 1140. The van der Waals surface area contributed by atoms with Crippen molar-refractivity contribution in [2.75, 3.05) is 0 Å². The first-order chi connectivity index (χ1) is 13.1. The highest BCUT2D eigenvalue weighted by atomic mass is 32.2. The summed E-state index contributed by atoms with van der Waals surface area (Å²) in [6.07, 6.45) is 0.382. The van der Waals surface area contributed by atoms with Crippen LogP contribution in [0.15, 0.2) is 53.4 Å². The number of ketones is 1. The second kappa shape index (κ2) is 7.37. The lowest BCUT2D eigenvalue weighted by atomic mass is 9.93. The van der Waals surface area contributed by atoms with E-state index in [0.717, 1.165) is 33.5 Å². The van der Waals surface area contributed by atoms with Crippen LogP contribution in [0.25, 0.3) is 22.3 Å². The van der Waals surface area contributed by atoms with Gasteiger partial charge in [0.15, 0.2) is 5.78 Å². The van der Waals surface area contributed by atoms with Crippen LogP contribution in [0.5, 0.6) is 0 Å². The molecule has 1 heterocycles. The summed E-state index contributed by atoms with van der Waals surface area (Å²) >= 11 is 0. The Kier molecular flexibility index (Phi) is 5.28. The van der Waals surface area contributed by atoms with Crippen LogP contribution < -0.4 is 5.14 Å². The molecule has 6 heteroatoms. The Morgan fingerprint density at radius 1 is 0.929 bits per heavy atom. The highest BCUT2D eigenvalue weighted by Gasteiger charge is 2.25. The molecule has 0 spiro atoms. The third-order valence-electron chi connectivity index (χ3n) is 5.08. The minimum absolute atomic E-state index is 0.0366. The number of rotatable bonds is 5. The first kappa shape index (κ1) is 20.0. The molecule has 2 N–H and O–H groups in total. The molecule has 0 radical (unpaired) electrons. The number of sulfonamides is 1. The quantitative estimate of drug-likeness (QED) is 0.656. The number of hydrogen-bond acceptors (Lipinski definition) is 3. The molecule has 2 aromatic carbocycles. The second-order valence-corrected chi connectivity index (χ2v) is 8.52. The maximum absolute atomic E-state index is 12.8. The normalized spacial score (nSPS) is 11.6. The van der Waals surface area contributed by atoms with Gasteiger partial charge in [-0.3, -0.25) is 4.79 Å². The average molecular weight is 397 g/mol. The van der Waals surface area contributed by atoms with Gasteiger partial charge in [0.2, 0.25) is 10.0 Å². The van der Waals surface area contributed by atoms with E-state index in [1.807, 2.05) is 56.7 Å². The van der Waals surface area contributed by atoms with Crippen molar-refractivity contribution in [1.82, 2.24) is 4.57 Å². The van der Waals surface area contributed by atoms with Crippen molar-refractivity contribution < 1.29 is 13.2 Å². The molecule has 0 aliphatic rings. The molecule has 0 saturated heterocycles. The molecular weight excluding hydrogens is 372 g/mol. The Labute approximate surface area is 165 Å². The molecule has 0 fully saturated rings. The van der Waals surface area contributed by atoms with Crippen molar-refractivity contribution in [3.8, 4) is 22.3 Å². The highest BCUT2D eigenvalue weighted by molar-refractivity contribution is 7.89. The van der Waals surface area contributed by atoms with Crippen molar-refractivity contribution in [3.63, 3.8) is 0 Å². The molecule has 0 bridgehead atoms. The topological polar surface area (TPSA) is 82.2 Å². The summed E-state index contributed by atoms with van der Waals surface area (Å²) in [5, 5.41) is 5.22. The van der Waals surface area contributed by atoms with Crippen molar-refractivity contribution in [2.45, 2.75) is 32.1 Å². The number of Topliss-reactive ketones (excluding diaryl/α,β-unsaturated/α-hetero) is 1. The predicted molar refractivity (Wildman–Crippen MR) is 112 cm³/mol. The van der Waals surface area contributed by atoms with Gasteiger partial charge in [0, 0.05) is 30.3 Å². The third kappa shape index (κ3) is 3.53. The van der Waals surface area contributed by atoms with E-state index in [1.54, 1.807) is 12.1 Å². The van der Waals surface area contributed by atoms with Crippen LogP contribution in [-0.4, -0.2) is 18.8 Å². The molecule has 0 aliphatic carbocycles. The Morgan fingerprint density at radius 2 is 1.43 bits per heavy atom. The number of hydrogen-bond donors (Lipinski definition) is 1. The van der Waals surface area contributed by atoms with E-state index in [0.29, 0.717) is 12.1 Å². The van der Waals surface area contributed by atoms with Crippen LogP contribution in [0.1, 0.15) is 35.1 Å². The van der Waals surface area contributed by atoms with Crippen LogP contribution in [-0.2, 0) is 17.1 Å². The number of nitrogens with zero attached hydrogens (tertiary/aromatic N) is 1. The molecule has 3 rings (SSSR count). The van der Waals surface area contributed by atoms with Gasteiger partial charge >= 0.3 is 0 Å². The third-order valence-corrected chi connectivity index (χ3v) is 6.01. The summed E-state index contributed by atoms with van der Waals surface area (Å²) in [5.74, 6) is 0.0366. The molecule has 0 atom stereocenters. The van der Waals surface area contributed by atoms with Crippen molar-refractivity contribution in [2.24, 2.45) is 12.2 Å². The highest BCUT2D eigenvalue weighted by Crippen LogP contribution is 2.40. The number of carbonyl (C=O) groups is 1. The zero-order chi connectivity index (χ0) is 20.6. The maximum atomic E-state index is 12.8. The van der Waals surface area contributed by atoms with Crippen molar-refractivity contribution in [1.29, 1.82) is 0 Å². The molecule has 1 aromatic heterocycles. The largest absolute Gasteiger partial charge is 0.344 e. The summed E-state index contributed by atoms with van der Waals surface area (Å²) < 4.78 is 25.1. The number of primary sulfonamides is 1. The van der Waals surface area contributed by atoms with Gasteiger partial charge in [0.25, 0.3) is 0 Å². The van der Waals surface area contributed by atoms with Gasteiger partial charge in [0.05, 0.1) is 10.6 Å². The standard InChI is InChI=1S/C22H24N2O3S/c1-5-19(25)22-21(17-10-12-18(13-11-17)28(23,26)27)20(15(3)24(22)4)16-8-6-14(2)7-9-16/h6-13H,5H2,1-4H3,(H2,23,26,27). The van der Waals surface area contributed by atoms with E-state index in [1.165, 1.54) is 12.1 Å². The molecule has 146 valence electrons. The van der Waals surface area contributed by atoms with E-state index in [-0.39, 0.29) is 10.7 Å². The summed E-state index contributed by atoms with van der Waals surface area (Å²) in [6.45, 7) is 5.86. The van der Waals surface area contributed by atoms with E-state index in [4.69, 9.17) is 5.14 Å². The number of benzene rings is 2. The lowest BCUT2D eigenvalue weighted by Gasteiger charge is -2.10. The Morgan fingerprint density at radius 3 is 1.93 bits per heavy atom. The van der Waals surface area contributed by atoms with Crippen molar-refractivity contribution >= 4 is 15.8 Å². The molecule has 3 aromatic rings. The number of carbonyl (C=O) groups excluding carboxylic acids is 1. The molecule has 28 heavy (non-hydrogen) atoms. The van der Waals surface area contributed by atoms with Crippen LogP contribution in [0.3, 0.4) is 0 Å². The summed E-state index contributed by atoms with van der Waals surface area (Å²) in [5.41, 5.74) is 6.34. The van der Waals surface area contributed by atoms with E-state index in [2.05, 4.69) is 0 Å². The van der Waals surface area contributed by atoms with Crippen LogP contribution in [0.2, 0.25) is 0 Å². The predicted octanol–water partition coefficient (Wildman–Crippen LogP) is 4.22. The van der Waals surface area contributed by atoms with Gasteiger partial charge in [-0.1, -0.05) is 48.9 Å². The number of nitrogens with two attached hydrogens (primary N) is 1. The Balaban J connectivity index is 2.32. The summed E-state index contributed by atoms with van der Waals surface area (Å²) in [6, 6.07) is 14.5. The zero-order valence-corrected chi connectivity index (χ0v) is 17.3. The average Bonchev–Trinajstić information content (AvgIpc) is 2.92. The van der Waals surface area contributed by atoms with E-state index >= 15 is 0 Å². The molecular formula is C22H24N2O3S. The van der Waals surface area contributed by atoms with Crippen LogP contribution in [0.4, 0.5) is 0 Å². The summed E-state index contributed by atoms with van der Waals surface area (Å²) in [7, 11) is -1.89. The van der Waals surface area contributed by atoms with E-state index < -0.39 is 10.0 Å². The maximum Gasteiger partial charge on any atom is 0.238 e. The fourth-order valence-corrected chi connectivity index (χ4v) is 3.98. The smallest absolute Gasteiger partial charge is 0.238 e. The van der Waals surface area contributed by atoms with Gasteiger partial charge in [-0.2, -0.15) is 0 Å². The number of aromatic nitrogens is 1. The van der Waals surface area contributed by atoms with Gasteiger partial charge in [0.1, 0.15) is 0 Å². The fourth-order valence-electron chi connectivity index (χ4n) is 3.46. The monoisotopic (exact) mass is 396 g/mol. The minimum atomic E-state index is -3.78. The van der Waals surface area contributed by atoms with Gasteiger partial charge < -0.3 is 4.57 Å². The molecule has 0 amide bonds. The van der Waals surface area contributed by atoms with Crippen LogP contribution >= 0.6 is 0 Å². The lowest BCUT2D eigenvalue weighted by Crippen LogP contribution is -2.11. The first-order valence-corrected chi connectivity index (χ1v) is 10.6. The SMILES string of the molecule is CCC(=O)c1c(-c2ccc(S(N)(=O)=O)cc2)c(-c2ccc(C)cc2)c(C)n1C. The van der Waals surface area contributed by atoms with E-state index in [9.17, 15) is 13.2 Å². The molecule has 0 saturated carbocycles. The van der Waals surface area contributed by atoms with Gasteiger partial charge in [-0.05, 0) is 37.1 Å². The lowest BCUT2D eigenvalue weighted by molar-refractivity contribution is 0.0981. The Hall–Kier alpha value is -2.70. The first-order valence-electron chi connectivity index (χ1n) is 9.08. The fraction of sp³-hybridized carbons (Fsp3) is 0.227. The molecule has 0 aliphatic heterocycles. The molecule has 5 nitrogen and oxygen atoms in total. The van der Waals surface area contributed by atoms with Gasteiger partial charge in [-0.25, -0.2) is 13.6 Å². The van der Waals surface area contributed by atoms with Gasteiger partial charge in [-0.15, -0.1) is 0 Å². The molecule has 0 unspecified atom stereocenters. The van der Waals surface area contributed by atoms with Crippen molar-refractivity contribution in [3.05, 3.63) is 65.5 Å². The summed E-state index contributed by atoms with van der Waals surface area (Å²) in [4.78, 5) is 12.8. The second-order valence-electron chi connectivity index (χ2n) is 6.96. The zero-order valence-electron chi connectivity index (χ0n) is 16.5. The minimum Gasteiger partial charge on any atom is -0.344 e. The van der Waals surface area contributed by atoms with Crippen LogP contribution in [0, 0.1) is 13.8 Å².